The maximum Gasteiger partial charge on any atom is 0.326 e. The fourth-order valence-corrected chi connectivity index (χ4v) is 2.55. The third-order valence-electron chi connectivity index (χ3n) is 3.63. The van der Waals surface area contributed by atoms with E-state index in [1.54, 1.807) is 4.90 Å². The zero-order chi connectivity index (χ0) is 15.7. The molecule has 1 aliphatic heterocycles. The second kappa shape index (κ2) is 5.55. The molecular weight excluding hydrogens is 272 g/mol. The molecule has 1 N–H and O–H groups in total. The second-order valence-electron chi connectivity index (χ2n) is 5.32. The van der Waals surface area contributed by atoms with Crippen LogP contribution in [0.25, 0.3) is 0 Å². The molecule has 1 heterocycles. The fraction of sp³-hybridized carbons (Fsp3) is 0.400. The van der Waals surface area contributed by atoms with Gasteiger partial charge in [0.1, 0.15) is 6.04 Å². The van der Waals surface area contributed by atoms with Gasteiger partial charge in [0, 0.05) is 5.69 Å². The summed E-state index contributed by atoms with van der Waals surface area (Å²) in [5.41, 5.74) is 2.91. The first-order valence-electron chi connectivity index (χ1n) is 6.71. The third-order valence-corrected chi connectivity index (χ3v) is 3.63. The van der Waals surface area contributed by atoms with Gasteiger partial charge >= 0.3 is 5.97 Å². The molecule has 0 aromatic heterocycles. The van der Waals surface area contributed by atoms with Crippen LogP contribution in [0.15, 0.2) is 18.2 Å². The first-order chi connectivity index (χ1) is 9.81. The number of carboxylic acids is 1. The summed E-state index contributed by atoms with van der Waals surface area (Å²) in [6.45, 7) is 5.24. The van der Waals surface area contributed by atoms with Gasteiger partial charge in [-0.1, -0.05) is 17.7 Å². The van der Waals surface area contributed by atoms with Gasteiger partial charge in [-0.15, -0.1) is 0 Å². The molecule has 1 saturated heterocycles. The molecule has 1 atom stereocenters. The van der Waals surface area contributed by atoms with Crippen molar-refractivity contribution in [1.82, 2.24) is 4.90 Å². The van der Waals surface area contributed by atoms with Gasteiger partial charge in [-0.2, -0.15) is 0 Å². The molecule has 6 nitrogen and oxygen atoms in total. The van der Waals surface area contributed by atoms with E-state index in [-0.39, 0.29) is 13.1 Å². The summed E-state index contributed by atoms with van der Waals surface area (Å²) in [4.78, 5) is 37.7. The van der Waals surface area contributed by atoms with Gasteiger partial charge in [-0.05, 0) is 32.4 Å². The molecule has 1 unspecified atom stereocenters. The van der Waals surface area contributed by atoms with E-state index in [4.69, 9.17) is 5.11 Å². The zero-order valence-electron chi connectivity index (χ0n) is 12.3. The Kier molecular flexibility index (Phi) is 3.97. The van der Waals surface area contributed by atoms with Gasteiger partial charge in [-0.3, -0.25) is 14.5 Å². The Morgan fingerprint density at radius 1 is 1.19 bits per heavy atom. The normalized spacial score (nSPS) is 17.1. The average Bonchev–Trinajstić information content (AvgIpc) is 2.37. The van der Waals surface area contributed by atoms with E-state index in [0.717, 1.165) is 21.7 Å². The van der Waals surface area contributed by atoms with Gasteiger partial charge in [0.25, 0.3) is 0 Å². The second-order valence-corrected chi connectivity index (χ2v) is 5.32. The number of carboxylic acid groups (broad SMARTS) is 1. The minimum Gasteiger partial charge on any atom is -0.480 e. The molecule has 1 fully saturated rings. The zero-order valence-corrected chi connectivity index (χ0v) is 12.3. The number of hydrogen-bond donors (Lipinski definition) is 1. The lowest BCUT2D eigenvalue weighted by Gasteiger charge is -2.36. The maximum absolute atomic E-state index is 12.1. The van der Waals surface area contributed by atoms with Gasteiger partial charge in [-0.25, -0.2) is 4.79 Å². The van der Waals surface area contributed by atoms with Crippen molar-refractivity contribution >= 4 is 23.5 Å². The number of benzene rings is 1. The molecule has 1 aromatic rings. The minimum absolute atomic E-state index is 0.00720. The summed E-state index contributed by atoms with van der Waals surface area (Å²) in [5, 5.41) is 8.97. The number of anilines is 1. The van der Waals surface area contributed by atoms with Crippen molar-refractivity contribution in [2.45, 2.75) is 26.8 Å². The van der Waals surface area contributed by atoms with Crippen LogP contribution < -0.4 is 4.90 Å². The van der Waals surface area contributed by atoms with Crippen LogP contribution in [0.1, 0.15) is 18.1 Å². The van der Waals surface area contributed by atoms with Gasteiger partial charge in [0.15, 0.2) is 0 Å². The summed E-state index contributed by atoms with van der Waals surface area (Å²) >= 11 is 0. The molecule has 1 aromatic carbocycles. The number of carbonyl (C=O) groups excluding carboxylic acids is 2. The van der Waals surface area contributed by atoms with E-state index < -0.39 is 23.8 Å². The topological polar surface area (TPSA) is 77.9 Å². The molecular formula is C15H18N2O4. The van der Waals surface area contributed by atoms with Crippen LogP contribution in [0.4, 0.5) is 5.69 Å². The monoisotopic (exact) mass is 290 g/mol. The number of carbonyl (C=O) groups is 3. The molecule has 112 valence electrons. The Morgan fingerprint density at radius 2 is 1.76 bits per heavy atom. The first kappa shape index (κ1) is 15.0. The fourth-order valence-electron chi connectivity index (χ4n) is 2.55. The molecule has 2 rings (SSSR count). The molecule has 1 aliphatic rings. The summed E-state index contributed by atoms with van der Waals surface area (Å²) in [6.07, 6.45) is 0. The van der Waals surface area contributed by atoms with E-state index in [9.17, 15) is 14.4 Å². The van der Waals surface area contributed by atoms with E-state index in [1.165, 1.54) is 6.92 Å². The highest BCUT2D eigenvalue weighted by atomic mass is 16.4. The van der Waals surface area contributed by atoms with E-state index >= 15 is 0 Å². The molecule has 0 bridgehead atoms. The van der Waals surface area contributed by atoms with E-state index in [1.807, 2.05) is 32.0 Å². The number of hydrogen-bond acceptors (Lipinski definition) is 4. The lowest BCUT2D eigenvalue weighted by atomic mass is 10.1. The number of nitrogens with zero attached hydrogens (tertiary/aromatic N) is 2. The molecule has 2 amide bonds. The SMILES string of the molecule is Cc1ccc(N2CC(=O)N(C(C)C(=O)O)C(=O)C2)c(C)c1. The minimum atomic E-state index is -1.18. The Hall–Kier alpha value is -2.37. The molecule has 0 saturated carbocycles. The molecule has 21 heavy (non-hydrogen) atoms. The number of aryl methyl sites for hydroxylation is 2. The Labute approximate surface area is 123 Å². The summed E-state index contributed by atoms with van der Waals surface area (Å²) < 4.78 is 0. The van der Waals surface area contributed by atoms with Crippen molar-refractivity contribution in [2.75, 3.05) is 18.0 Å². The van der Waals surface area contributed by atoms with Crippen molar-refractivity contribution in [2.24, 2.45) is 0 Å². The van der Waals surface area contributed by atoms with Crippen molar-refractivity contribution < 1.29 is 19.5 Å². The highest BCUT2D eigenvalue weighted by Crippen LogP contribution is 2.23. The van der Waals surface area contributed by atoms with Crippen LogP contribution in [-0.4, -0.2) is 46.9 Å². The largest absolute Gasteiger partial charge is 0.480 e. The molecule has 0 radical (unpaired) electrons. The van der Waals surface area contributed by atoms with Crippen molar-refractivity contribution in [1.29, 1.82) is 0 Å². The number of piperazine rings is 1. The van der Waals surface area contributed by atoms with Gasteiger partial charge < -0.3 is 10.0 Å². The highest BCUT2D eigenvalue weighted by Gasteiger charge is 2.37. The quantitative estimate of drug-likeness (QED) is 0.839. The van der Waals surface area contributed by atoms with Crippen LogP contribution >= 0.6 is 0 Å². The lowest BCUT2D eigenvalue weighted by molar-refractivity contribution is -0.157. The Bertz CT molecular complexity index is 594. The summed E-state index contributed by atoms with van der Waals surface area (Å²) in [6, 6.07) is 4.65. The van der Waals surface area contributed by atoms with Gasteiger partial charge in [0.05, 0.1) is 13.1 Å². The van der Waals surface area contributed by atoms with Gasteiger partial charge in [0.2, 0.25) is 11.8 Å². The lowest BCUT2D eigenvalue weighted by Crippen LogP contribution is -2.58. The van der Waals surface area contributed by atoms with E-state index in [2.05, 4.69) is 0 Å². The average molecular weight is 290 g/mol. The number of rotatable bonds is 3. The highest BCUT2D eigenvalue weighted by molar-refractivity contribution is 6.05. The summed E-state index contributed by atoms with van der Waals surface area (Å²) in [7, 11) is 0. The predicted molar refractivity (Wildman–Crippen MR) is 77.1 cm³/mol. The number of aliphatic carboxylic acids is 1. The van der Waals surface area contributed by atoms with Crippen molar-refractivity contribution in [3.05, 3.63) is 29.3 Å². The molecule has 6 heteroatoms. The van der Waals surface area contributed by atoms with Crippen LogP contribution in [0.2, 0.25) is 0 Å². The molecule has 0 aliphatic carbocycles. The maximum atomic E-state index is 12.1. The number of imide groups is 1. The summed E-state index contributed by atoms with van der Waals surface area (Å²) in [5.74, 6) is -2.15. The third kappa shape index (κ3) is 2.89. The van der Waals surface area contributed by atoms with Crippen molar-refractivity contribution in [3.8, 4) is 0 Å². The van der Waals surface area contributed by atoms with Crippen LogP contribution in [0.3, 0.4) is 0 Å². The Balaban J connectivity index is 2.24. The first-order valence-corrected chi connectivity index (χ1v) is 6.71. The molecule has 0 spiro atoms. The van der Waals surface area contributed by atoms with Crippen LogP contribution in [0.5, 0.6) is 0 Å². The van der Waals surface area contributed by atoms with Crippen molar-refractivity contribution in [3.63, 3.8) is 0 Å². The Morgan fingerprint density at radius 3 is 2.24 bits per heavy atom. The van der Waals surface area contributed by atoms with Crippen LogP contribution in [-0.2, 0) is 14.4 Å². The standard InChI is InChI=1S/C15H18N2O4/c1-9-4-5-12(10(2)6-9)16-7-13(18)17(14(19)8-16)11(3)15(20)21/h4-6,11H,7-8H2,1-3H3,(H,20,21). The number of amides is 2. The predicted octanol–water partition coefficient (Wildman–Crippen LogP) is 0.952. The van der Waals surface area contributed by atoms with E-state index in [0.29, 0.717) is 0 Å². The smallest absolute Gasteiger partial charge is 0.326 e. The van der Waals surface area contributed by atoms with Crippen LogP contribution in [0, 0.1) is 13.8 Å².